The molecule has 0 aliphatic carbocycles. The van der Waals surface area contributed by atoms with E-state index >= 15 is 0 Å². The fourth-order valence-electron chi connectivity index (χ4n) is 1.82. The van der Waals surface area contributed by atoms with Gasteiger partial charge in [-0.2, -0.15) is 0 Å². The molecule has 8 heteroatoms. The second-order valence-electron chi connectivity index (χ2n) is 3.83. The van der Waals surface area contributed by atoms with Gasteiger partial charge < -0.3 is 0 Å². The van der Waals surface area contributed by atoms with Crippen LogP contribution in [0, 0.1) is 0 Å². The van der Waals surface area contributed by atoms with Crippen LogP contribution in [0.2, 0.25) is 0 Å². The molecule has 1 unspecified atom stereocenters. The molecule has 0 saturated carbocycles. The van der Waals surface area contributed by atoms with Gasteiger partial charge in [0.05, 0.1) is 28.7 Å². The Morgan fingerprint density at radius 2 is 2.00 bits per heavy atom. The lowest BCUT2D eigenvalue weighted by atomic mass is 10.2. The Morgan fingerprint density at radius 3 is 2.68 bits per heavy atom. The normalized spacial score (nSPS) is 12.5. The molecule has 1 atom stereocenters. The van der Waals surface area contributed by atoms with Crippen molar-refractivity contribution in [1.82, 2.24) is 30.0 Å². The quantitative estimate of drug-likeness (QED) is 0.536. The molecule has 0 radical (unpaired) electrons. The monoisotopic (exact) mass is 273 g/mol. The standard InChI is InChI=1S/C11H11N7S/c12-15-11(10-7-14-17-19-10)9-6-13-16-18(9)8-4-2-1-3-5-8/h1-7,11,15H,12H2. The molecule has 2 aromatic heterocycles. The van der Waals surface area contributed by atoms with Gasteiger partial charge in [0.1, 0.15) is 6.04 Å². The van der Waals surface area contributed by atoms with E-state index in [1.807, 2.05) is 30.3 Å². The van der Waals surface area contributed by atoms with Gasteiger partial charge in [-0.3, -0.25) is 5.84 Å². The molecule has 0 saturated heterocycles. The van der Waals surface area contributed by atoms with Crippen molar-refractivity contribution in [3.8, 4) is 5.69 Å². The molecule has 3 rings (SSSR count). The van der Waals surface area contributed by atoms with E-state index in [1.165, 1.54) is 11.5 Å². The number of nitrogens with one attached hydrogen (secondary N) is 1. The average molecular weight is 273 g/mol. The molecule has 0 bridgehead atoms. The zero-order valence-electron chi connectivity index (χ0n) is 9.84. The van der Waals surface area contributed by atoms with E-state index in [4.69, 9.17) is 5.84 Å². The van der Waals surface area contributed by atoms with Crippen LogP contribution in [0.3, 0.4) is 0 Å². The predicted octanol–water partition coefficient (Wildman–Crippen LogP) is 0.671. The van der Waals surface area contributed by atoms with Crippen molar-refractivity contribution in [3.05, 3.63) is 53.3 Å². The number of aromatic nitrogens is 5. The van der Waals surface area contributed by atoms with Crippen molar-refractivity contribution in [3.63, 3.8) is 0 Å². The van der Waals surface area contributed by atoms with Crippen molar-refractivity contribution < 1.29 is 0 Å². The second kappa shape index (κ2) is 5.22. The highest BCUT2D eigenvalue weighted by Crippen LogP contribution is 2.24. The third-order valence-corrected chi connectivity index (χ3v) is 3.43. The van der Waals surface area contributed by atoms with Gasteiger partial charge in [-0.05, 0) is 23.7 Å². The maximum atomic E-state index is 5.63. The summed E-state index contributed by atoms with van der Waals surface area (Å²) in [7, 11) is 0. The van der Waals surface area contributed by atoms with Crippen LogP contribution in [-0.2, 0) is 0 Å². The minimum atomic E-state index is -0.241. The molecule has 0 aliphatic heterocycles. The maximum absolute atomic E-state index is 5.63. The Kier molecular flexibility index (Phi) is 3.27. The molecule has 19 heavy (non-hydrogen) atoms. The minimum Gasteiger partial charge on any atom is -0.270 e. The van der Waals surface area contributed by atoms with Crippen LogP contribution in [0.4, 0.5) is 0 Å². The van der Waals surface area contributed by atoms with Crippen LogP contribution < -0.4 is 11.3 Å². The number of hydrazine groups is 1. The summed E-state index contributed by atoms with van der Waals surface area (Å²) in [5.41, 5.74) is 4.50. The van der Waals surface area contributed by atoms with Crippen molar-refractivity contribution in [2.75, 3.05) is 0 Å². The summed E-state index contributed by atoms with van der Waals surface area (Å²) in [5.74, 6) is 5.63. The van der Waals surface area contributed by atoms with Gasteiger partial charge in [0.25, 0.3) is 0 Å². The highest BCUT2D eigenvalue weighted by atomic mass is 32.1. The van der Waals surface area contributed by atoms with E-state index in [9.17, 15) is 0 Å². The lowest BCUT2D eigenvalue weighted by Crippen LogP contribution is -2.30. The highest BCUT2D eigenvalue weighted by molar-refractivity contribution is 7.05. The zero-order chi connectivity index (χ0) is 13.1. The molecule has 0 fully saturated rings. The third-order valence-electron chi connectivity index (χ3n) is 2.70. The van der Waals surface area contributed by atoms with Crippen molar-refractivity contribution >= 4 is 11.5 Å². The molecular weight excluding hydrogens is 262 g/mol. The SMILES string of the molecule is NNC(c1cnns1)c1cnnn1-c1ccccc1. The lowest BCUT2D eigenvalue weighted by molar-refractivity contribution is 0.602. The van der Waals surface area contributed by atoms with Crippen molar-refractivity contribution in [2.24, 2.45) is 5.84 Å². The molecular formula is C11H11N7S. The number of rotatable bonds is 4. The molecule has 1 aromatic carbocycles. The summed E-state index contributed by atoms with van der Waals surface area (Å²) >= 11 is 1.29. The Balaban J connectivity index is 2.04. The number of nitrogens with zero attached hydrogens (tertiary/aromatic N) is 5. The summed E-state index contributed by atoms with van der Waals surface area (Å²) in [6.07, 6.45) is 3.36. The molecule has 3 aromatic rings. The molecule has 0 aliphatic rings. The molecule has 2 heterocycles. The first kappa shape index (κ1) is 11.9. The van der Waals surface area contributed by atoms with E-state index in [2.05, 4.69) is 25.3 Å². The first-order valence-corrected chi connectivity index (χ1v) is 6.37. The Bertz CT molecular complexity index is 634. The summed E-state index contributed by atoms with van der Waals surface area (Å²) < 4.78 is 5.59. The Hall–Kier alpha value is -2.16. The Morgan fingerprint density at radius 1 is 1.16 bits per heavy atom. The van der Waals surface area contributed by atoms with Crippen molar-refractivity contribution in [1.29, 1.82) is 0 Å². The van der Waals surface area contributed by atoms with Crippen LogP contribution >= 0.6 is 11.5 Å². The number of hydrogen-bond acceptors (Lipinski definition) is 7. The summed E-state index contributed by atoms with van der Waals surface area (Å²) in [6, 6.07) is 9.51. The fourth-order valence-corrected chi connectivity index (χ4v) is 2.40. The molecule has 0 amide bonds. The average Bonchev–Trinajstić information content (AvgIpc) is 3.12. The van der Waals surface area contributed by atoms with E-state index in [0.717, 1.165) is 16.3 Å². The summed E-state index contributed by atoms with van der Waals surface area (Å²) in [4.78, 5) is 0.905. The van der Waals surface area contributed by atoms with Crippen LogP contribution in [0.15, 0.2) is 42.7 Å². The number of para-hydroxylation sites is 1. The van der Waals surface area contributed by atoms with Gasteiger partial charge in [-0.15, -0.1) is 10.2 Å². The van der Waals surface area contributed by atoms with E-state index < -0.39 is 0 Å². The van der Waals surface area contributed by atoms with E-state index in [-0.39, 0.29) is 6.04 Å². The highest BCUT2D eigenvalue weighted by Gasteiger charge is 2.20. The van der Waals surface area contributed by atoms with Crippen LogP contribution in [0.1, 0.15) is 16.6 Å². The van der Waals surface area contributed by atoms with Gasteiger partial charge in [0.2, 0.25) is 0 Å². The third kappa shape index (κ3) is 2.24. The van der Waals surface area contributed by atoms with Crippen LogP contribution in [0.25, 0.3) is 5.69 Å². The van der Waals surface area contributed by atoms with Gasteiger partial charge in [0.15, 0.2) is 0 Å². The van der Waals surface area contributed by atoms with Gasteiger partial charge >= 0.3 is 0 Å². The minimum absolute atomic E-state index is 0.241. The van der Waals surface area contributed by atoms with E-state index in [1.54, 1.807) is 17.1 Å². The molecule has 96 valence electrons. The van der Waals surface area contributed by atoms with Gasteiger partial charge in [0, 0.05) is 0 Å². The van der Waals surface area contributed by atoms with Crippen molar-refractivity contribution in [2.45, 2.75) is 6.04 Å². The van der Waals surface area contributed by atoms with Gasteiger partial charge in [-0.1, -0.05) is 27.9 Å². The maximum Gasteiger partial charge on any atom is 0.102 e. The van der Waals surface area contributed by atoms with Crippen LogP contribution in [0.5, 0.6) is 0 Å². The predicted molar refractivity (Wildman–Crippen MR) is 70.4 cm³/mol. The summed E-state index contributed by atoms with van der Waals surface area (Å²) in [6.45, 7) is 0. The first-order valence-electron chi connectivity index (χ1n) is 5.59. The van der Waals surface area contributed by atoms with E-state index in [0.29, 0.717) is 0 Å². The second-order valence-corrected chi connectivity index (χ2v) is 4.64. The Labute approximate surface area is 113 Å². The number of benzene rings is 1. The summed E-state index contributed by atoms with van der Waals surface area (Å²) in [5, 5.41) is 11.9. The number of nitrogens with two attached hydrogens (primary N) is 1. The van der Waals surface area contributed by atoms with Gasteiger partial charge in [-0.25, -0.2) is 10.1 Å². The van der Waals surface area contributed by atoms with Crippen LogP contribution in [-0.4, -0.2) is 24.6 Å². The largest absolute Gasteiger partial charge is 0.270 e. The first-order chi connectivity index (χ1) is 9.40. The zero-order valence-corrected chi connectivity index (χ0v) is 10.7. The fraction of sp³-hybridized carbons (Fsp3) is 0.0909. The lowest BCUT2D eigenvalue weighted by Gasteiger charge is -2.14. The molecule has 0 spiro atoms. The smallest absolute Gasteiger partial charge is 0.102 e. The molecule has 7 nitrogen and oxygen atoms in total. The topological polar surface area (TPSA) is 94.5 Å². The number of hydrogen-bond donors (Lipinski definition) is 2. The molecule has 3 N–H and O–H groups in total.